The molecule has 3 rings (SSSR count). The van der Waals surface area contributed by atoms with Crippen LogP contribution in [0.15, 0.2) is 18.2 Å². The Morgan fingerprint density at radius 3 is 2.74 bits per heavy atom. The van der Waals surface area contributed by atoms with Gasteiger partial charge in [0.15, 0.2) is 0 Å². The second-order valence-corrected chi connectivity index (χ2v) is 6.02. The van der Waals surface area contributed by atoms with E-state index in [1.807, 2.05) is 12.1 Å². The van der Waals surface area contributed by atoms with E-state index in [0.717, 1.165) is 37.2 Å². The van der Waals surface area contributed by atoms with Crippen molar-refractivity contribution in [3.05, 3.63) is 28.8 Å². The first-order valence-electron chi connectivity index (χ1n) is 7.01. The number of halogens is 1. The molecule has 0 amide bonds. The lowest BCUT2D eigenvalue weighted by Crippen LogP contribution is -2.33. The quantitative estimate of drug-likeness (QED) is 0.925. The lowest BCUT2D eigenvalue weighted by atomic mass is 9.89. The van der Waals surface area contributed by atoms with Crippen molar-refractivity contribution < 1.29 is 9.47 Å². The lowest BCUT2D eigenvalue weighted by molar-refractivity contribution is 0.141. The van der Waals surface area contributed by atoms with Crippen LogP contribution in [0.1, 0.15) is 37.7 Å². The maximum Gasteiger partial charge on any atom is 0.138 e. The standard InChI is InChI=1S/C15H20ClNO2/c16-13-9-11(15(17)6-1-2-7-15)3-4-14(13)19-12-5-8-18-10-12/h3-4,9,12H,1-2,5-8,10,17H2. The van der Waals surface area contributed by atoms with Crippen LogP contribution >= 0.6 is 11.6 Å². The Hall–Kier alpha value is -0.770. The summed E-state index contributed by atoms with van der Waals surface area (Å²) in [5.74, 6) is 0.738. The highest BCUT2D eigenvalue weighted by atomic mass is 35.5. The minimum Gasteiger partial charge on any atom is -0.486 e. The van der Waals surface area contributed by atoms with Gasteiger partial charge >= 0.3 is 0 Å². The van der Waals surface area contributed by atoms with Gasteiger partial charge in [-0.15, -0.1) is 0 Å². The Morgan fingerprint density at radius 2 is 2.11 bits per heavy atom. The van der Waals surface area contributed by atoms with Crippen LogP contribution in [0, 0.1) is 0 Å². The molecular formula is C15H20ClNO2. The van der Waals surface area contributed by atoms with Gasteiger partial charge in [-0.25, -0.2) is 0 Å². The van der Waals surface area contributed by atoms with Crippen LogP contribution in [0.25, 0.3) is 0 Å². The molecule has 1 aromatic carbocycles. The average Bonchev–Trinajstić information content (AvgIpc) is 3.04. The molecule has 1 saturated heterocycles. The predicted molar refractivity (Wildman–Crippen MR) is 75.6 cm³/mol. The maximum atomic E-state index is 6.44. The zero-order chi connectivity index (χ0) is 13.3. The lowest BCUT2D eigenvalue weighted by Gasteiger charge is -2.25. The fourth-order valence-electron chi connectivity index (χ4n) is 2.99. The molecule has 104 valence electrons. The largest absolute Gasteiger partial charge is 0.486 e. The van der Waals surface area contributed by atoms with E-state index in [1.54, 1.807) is 0 Å². The van der Waals surface area contributed by atoms with Crippen LogP contribution in [0.2, 0.25) is 5.02 Å². The first kappa shape index (κ1) is 13.2. The summed E-state index contributed by atoms with van der Waals surface area (Å²) in [4.78, 5) is 0. The zero-order valence-corrected chi connectivity index (χ0v) is 11.8. The van der Waals surface area contributed by atoms with E-state index in [9.17, 15) is 0 Å². The van der Waals surface area contributed by atoms with Crippen molar-refractivity contribution in [1.82, 2.24) is 0 Å². The average molecular weight is 282 g/mol. The summed E-state index contributed by atoms with van der Waals surface area (Å²) in [5, 5.41) is 0.654. The summed E-state index contributed by atoms with van der Waals surface area (Å²) in [6, 6.07) is 5.98. The van der Waals surface area contributed by atoms with E-state index in [2.05, 4.69) is 6.07 Å². The third-order valence-electron chi connectivity index (χ3n) is 4.18. The fraction of sp³-hybridized carbons (Fsp3) is 0.600. The van der Waals surface area contributed by atoms with Gasteiger partial charge in [0.1, 0.15) is 11.9 Å². The van der Waals surface area contributed by atoms with Gasteiger partial charge < -0.3 is 15.2 Å². The smallest absolute Gasteiger partial charge is 0.138 e. The van der Waals surface area contributed by atoms with E-state index >= 15 is 0 Å². The number of benzene rings is 1. The summed E-state index contributed by atoms with van der Waals surface area (Å²) in [7, 11) is 0. The van der Waals surface area contributed by atoms with E-state index in [1.165, 1.54) is 12.8 Å². The van der Waals surface area contributed by atoms with Crippen LogP contribution in [0.5, 0.6) is 5.75 Å². The summed E-state index contributed by atoms with van der Waals surface area (Å²) in [5.41, 5.74) is 7.38. The molecule has 1 saturated carbocycles. The minimum absolute atomic E-state index is 0.127. The fourth-order valence-corrected chi connectivity index (χ4v) is 3.21. The van der Waals surface area contributed by atoms with Crippen molar-refractivity contribution in [3.8, 4) is 5.75 Å². The first-order valence-corrected chi connectivity index (χ1v) is 7.38. The molecule has 1 aliphatic carbocycles. The van der Waals surface area contributed by atoms with Crippen molar-refractivity contribution in [2.45, 2.75) is 43.7 Å². The number of nitrogens with two attached hydrogens (primary N) is 1. The van der Waals surface area contributed by atoms with Crippen LogP contribution in [0.3, 0.4) is 0 Å². The third kappa shape index (κ3) is 2.73. The van der Waals surface area contributed by atoms with E-state index in [0.29, 0.717) is 11.6 Å². The van der Waals surface area contributed by atoms with Gasteiger partial charge in [-0.2, -0.15) is 0 Å². The van der Waals surface area contributed by atoms with Crippen LogP contribution in [0.4, 0.5) is 0 Å². The number of rotatable bonds is 3. The van der Waals surface area contributed by atoms with Gasteiger partial charge in [-0.3, -0.25) is 0 Å². The normalized spacial score (nSPS) is 25.7. The Bertz CT molecular complexity index is 451. The SMILES string of the molecule is NC1(c2ccc(OC3CCOC3)c(Cl)c2)CCCC1. The molecule has 4 heteroatoms. The van der Waals surface area contributed by atoms with Crippen molar-refractivity contribution in [1.29, 1.82) is 0 Å². The summed E-state index contributed by atoms with van der Waals surface area (Å²) in [6.45, 7) is 1.42. The molecule has 2 N–H and O–H groups in total. The molecule has 0 bridgehead atoms. The Balaban J connectivity index is 1.77. The van der Waals surface area contributed by atoms with Crippen molar-refractivity contribution in [2.75, 3.05) is 13.2 Å². The zero-order valence-electron chi connectivity index (χ0n) is 11.0. The summed E-state index contributed by atoms with van der Waals surface area (Å²) < 4.78 is 11.2. The monoisotopic (exact) mass is 281 g/mol. The molecule has 1 heterocycles. The van der Waals surface area contributed by atoms with Crippen molar-refractivity contribution in [2.24, 2.45) is 5.73 Å². The van der Waals surface area contributed by atoms with Crippen LogP contribution in [-0.2, 0) is 10.3 Å². The topological polar surface area (TPSA) is 44.5 Å². The van der Waals surface area contributed by atoms with Gasteiger partial charge in [0.25, 0.3) is 0 Å². The predicted octanol–water partition coefficient (Wildman–Crippen LogP) is 3.24. The van der Waals surface area contributed by atoms with Gasteiger partial charge in [-0.05, 0) is 30.5 Å². The second kappa shape index (κ2) is 5.31. The Morgan fingerprint density at radius 1 is 1.32 bits per heavy atom. The molecule has 2 aliphatic rings. The molecular weight excluding hydrogens is 262 g/mol. The molecule has 19 heavy (non-hydrogen) atoms. The van der Waals surface area contributed by atoms with Gasteiger partial charge in [0, 0.05) is 12.0 Å². The highest BCUT2D eigenvalue weighted by Gasteiger charge is 2.31. The van der Waals surface area contributed by atoms with Crippen LogP contribution < -0.4 is 10.5 Å². The van der Waals surface area contributed by atoms with Crippen molar-refractivity contribution >= 4 is 11.6 Å². The minimum atomic E-state index is -0.196. The molecule has 3 nitrogen and oxygen atoms in total. The van der Waals surface area contributed by atoms with E-state index in [-0.39, 0.29) is 11.6 Å². The highest BCUT2D eigenvalue weighted by Crippen LogP contribution is 2.39. The van der Waals surface area contributed by atoms with E-state index in [4.69, 9.17) is 26.8 Å². The molecule has 0 spiro atoms. The van der Waals surface area contributed by atoms with E-state index < -0.39 is 0 Å². The second-order valence-electron chi connectivity index (χ2n) is 5.61. The first-order chi connectivity index (χ1) is 9.17. The summed E-state index contributed by atoms with van der Waals surface area (Å²) >= 11 is 6.33. The molecule has 1 atom stereocenters. The molecule has 1 aliphatic heterocycles. The summed E-state index contributed by atoms with van der Waals surface area (Å²) in [6.07, 6.45) is 5.54. The van der Waals surface area contributed by atoms with Gasteiger partial charge in [0.2, 0.25) is 0 Å². The molecule has 0 radical (unpaired) electrons. The number of hydrogen-bond acceptors (Lipinski definition) is 3. The maximum absolute atomic E-state index is 6.44. The molecule has 1 aromatic rings. The third-order valence-corrected chi connectivity index (χ3v) is 4.48. The Labute approximate surface area is 119 Å². The van der Waals surface area contributed by atoms with Crippen LogP contribution in [-0.4, -0.2) is 19.3 Å². The number of ether oxygens (including phenoxy) is 2. The van der Waals surface area contributed by atoms with Gasteiger partial charge in [-0.1, -0.05) is 30.5 Å². The molecule has 1 unspecified atom stereocenters. The molecule has 2 fully saturated rings. The highest BCUT2D eigenvalue weighted by molar-refractivity contribution is 6.32. The van der Waals surface area contributed by atoms with Gasteiger partial charge in [0.05, 0.1) is 18.2 Å². The number of hydrogen-bond donors (Lipinski definition) is 1. The Kier molecular flexibility index (Phi) is 3.70. The molecule has 0 aromatic heterocycles. The van der Waals surface area contributed by atoms with Crippen molar-refractivity contribution in [3.63, 3.8) is 0 Å².